The van der Waals surface area contributed by atoms with Crippen LogP contribution < -0.4 is 5.32 Å². The Morgan fingerprint density at radius 1 is 1.44 bits per heavy atom. The Bertz CT molecular complexity index is 370. The summed E-state index contributed by atoms with van der Waals surface area (Å²) in [7, 11) is 0. The van der Waals surface area contributed by atoms with Crippen LogP contribution >= 0.6 is 11.6 Å². The van der Waals surface area contributed by atoms with Crippen LogP contribution in [0.2, 0.25) is 5.15 Å². The summed E-state index contributed by atoms with van der Waals surface area (Å²) in [5.74, 6) is 1.67. The second-order valence-corrected chi connectivity index (χ2v) is 5.53. The quantitative estimate of drug-likeness (QED) is 0.809. The van der Waals surface area contributed by atoms with Crippen molar-refractivity contribution in [2.45, 2.75) is 39.7 Å². The van der Waals surface area contributed by atoms with Gasteiger partial charge in [0.2, 0.25) is 0 Å². The van der Waals surface area contributed by atoms with Gasteiger partial charge in [0.1, 0.15) is 0 Å². The Morgan fingerprint density at radius 2 is 2.12 bits per heavy atom. The summed E-state index contributed by atoms with van der Waals surface area (Å²) < 4.78 is 0. The molecule has 1 fully saturated rings. The molecule has 1 heterocycles. The lowest BCUT2D eigenvalue weighted by molar-refractivity contribution is 0.212. The van der Waals surface area contributed by atoms with Gasteiger partial charge in [0.15, 0.2) is 5.15 Å². The molecule has 1 saturated carbocycles. The Labute approximate surface area is 102 Å². The van der Waals surface area contributed by atoms with Crippen LogP contribution in [0.5, 0.6) is 0 Å². The number of anilines is 1. The predicted molar refractivity (Wildman–Crippen MR) is 69.0 cm³/mol. The van der Waals surface area contributed by atoms with E-state index in [2.05, 4.69) is 30.2 Å². The number of hydrogen-bond donors (Lipinski definition) is 1. The predicted octanol–water partition coefficient (Wildman–Crippen LogP) is 3.89. The van der Waals surface area contributed by atoms with Crippen LogP contribution in [0.25, 0.3) is 0 Å². The normalized spacial score (nSPS) is 24.3. The first-order chi connectivity index (χ1) is 7.56. The number of aromatic nitrogens is 1. The van der Waals surface area contributed by atoms with Crippen LogP contribution in [-0.2, 0) is 0 Å². The van der Waals surface area contributed by atoms with E-state index in [1.54, 1.807) is 6.20 Å². The van der Waals surface area contributed by atoms with Gasteiger partial charge in [0, 0.05) is 12.2 Å². The Morgan fingerprint density at radius 3 is 2.75 bits per heavy atom. The minimum atomic E-state index is 0.577. The third kappa shape index (κ3) is 2.49. The largest absolute Gasteiger partial charge is 0.380 e. The maximum Gasteiger partial charge on any atom is 0.152 e. The van der Waals surface area contributed by atoms with Gasteiger partial charge in [-0.3, -0.25) is 0 Å². The lowest BCUT2D eigenvalue weighted by atomic mass is 9.73. The number of hydrogen-bond acceptors (Lipinski definition) is 2. The van der Waals surface area contributed by atoms with E-state index in [1.165, 1.54) is 12.8 Å². The number of pyridine rings is 1. The molecule has 16 heavy (non-hydrogen) atoms. The molecule has 2 nitrogen and oxygen atoms in total. The van der Waals surface area contributed by atoms with Gasteiger partial charge in [-0.25, -0.2) is 4.98 Å². The van der Waals surface area contributed by atoms with E-state index in [0.29, 0.717) is 11.2 Å². The van der Waals surface area contributed by atoms with Crippen molar-refractivity contribution in [1.29, 1.82) is 0 Å². The molecule has 0 bridgehead atoms. The summed E-state index contributed by atoms with van der Waals surface area (Å²) in [6.07, 6.45) is 4.30. The van der Waals surface area contributed by atoms with Gasteiger partial charge >= 0.3 is 0 Å². The molecular formula is C13H19ClN2. The molecular weight excluding hydrogens is 220 g/mol. The summed E-state index contributed by atoms with van der Waals surface area (Å²) in [6, 6.07) is 2.64. The Balaban J connectivity index is 1.94. The number of nitrogens with one attached hydrogen (secondary N) is 1. The van der Waals surface area contributed by atoms with Crippen molar-refractivity contribution >= 4 is 17.3 Å². The number of nitrogens with zero attached hydrogens (tertiary/aromatic N) is 1. The van der Waals surface area contributed by atoms with E-state index in [9.17, 15) is 0 Å². The highest BCUT2D eigenvalue weighted by Gasteiger charge is 2.31. The van der Waals surface area contributed by atoms with Crippen LogP contribution in [-0.4, -0.2) is 11.0 Å². The molecule has 0 amide bonds. The molecule has 1 aromatic rings. The fourth-order valence-electron chi connectivity index (χ4n) is 2.20. The van der Waals surface area contributed by atoms with Crippen LogP contribution in [0, 0.1) is 18.8 Å². The van der Waals surface area contributed by atoms with Gasteiger partial charge in [0.05, 0.1) is 5.69 Å². The number of halogens is 1. The topological polar surface area (TPSA) is 24.9 Å². The van der Waals surface area contributed by atoms with Crippen LogP contribution in [0.15, 0.2) is 12.3 Å². The maximum absolute atomic E-state index is 6.05. The molecule has 1 N–H and O–H groups in total. The summed E-state index contributed by atoms with van der Waals surface area (Å²) in [5.41, 5.74) is 2.13. The third-order valence-electron chi connectivity index (χ3n) is 3.45. The molecule has 1 aliphatic carbocycles. The van der Waals surface area contributed by atoms with E-state index in [-0.39, 0.29) is 0 Å². The summed E-state index contributed by atoms with van der Waals surface area (Å²) in [5, 5.41) is 4.06. The van der Waals surface area contributed by atoms with Gasteiger partial charge < -0.3 is 5.32 Å². The molecule has 1 aliphatic rings. The van der Waals surface area contributed by atoms with E-state index in [0.717, 1.165) is 23.1 Å². The van der Waals surface area contributed by atoms with Crippen molar-refractivity contribution in [2.24, 2.45) is 11.8 Å². The van der Waals surface area contributed by atoms with Crippen molar-refractivity contribution < 1.29 is 0 Å². The zero-order valence-electron chi connectivity index (χ0n) is 10.1. The number of rotatable bonds is 3. The first-order valence-corrected chi connectivity index (χ1v) is 6.32. The fourth-order valence-corrected chi connectivity index (χ4v) is 2.36. The van der Waals surface area contributed by atoms with Gasteiger partial charge in [-0.1, -0.05) is 25.4 Å². The van der Waals surface area contributed by atoms with Crippen LogP contribution in [0.1, 0.15) is 32.3 Å². The molecule has 0 saturated heterocycles. The minimum Gasteiger partial charge on any atom is -0.380 e. The zero-order valence-corrected chi connectivity index (χ0v) is 10.9. The molecule has 2 rings (SSSR count). The summed E-state index contributed by atoms with van der Waals surface area (Å²) in [4.78, 5) is 4.15. The van der Waals surface area contributed by atoms with Gasteiger partial charge in [-0.2, -0.15) is 0 Å². The molecule has 0 aromatic carbocycles. The fraction of sp³-hybridized carbons (Fsp3) is 0.615. The molecule has 3 heteroatoms. The third-order valence-corrected chi connectivity index (χ3v) is 3.75. The van der Waals surface area contributed by atoms with E-state index >= 15 is 0 Å². The second kappa shape index (κ2) is 4.62. The highest BCUT2D eigenvalue weighted by Crippen LogP contribution is 2.36. The summed E-state index contributed by atoms with van der Waals surface area (Å²) >= 11 is 6.05. The van der Waals surface area contributed by atoms with Crippen molar-refractivity contribution in [3.8, 4) is 0 Å². The van der Waals surface area contributed by atoms with Gasteiger partial charge in [0.25, 0.3) is 0 Å². The maximum atomic E-state index is 6.05. The SMILES string of the molecule is Cc1cnc(Cl)c(NC2CC(C(C)C)C2)c1. The van der Waals surface area contributed by atoms with Crippen molar-refractivity contribution in [1.82, 2.24) is 4.98 Å². The molecule has 0 radical (unpaired) electrons. The van der Waals surface area contributed by atoms with Crippen LogP contribution in [0.3, 0.4) is 0 Å². The number of aryl methyl sites for hydroxylation is 1. The van der Waals surface area contributed by atoms with E-state index < -0.39 is 0 Å². The Hall–Kier alpha value is -0.760. The molecule has 0 aliphatic heterocycles. The van der Waals surface area contributed by atoms with Crippen LogP contribution in [0.4, 0.5) is 5.69 Å². The van der Waals surface area contributed by atoms with Gasteiger partial charge in [-0.05, 0) is 43.2 Å². The van der Waals surface area contributed by atoms with Crippen molar-refractivity contribution in [3.63, 3.8) is 0 Å². The summed E-state index contributed by atoms with van der Waals surface area (Å²) in [6.45, 7) is 6.62. The zero-order chi connectivity index (χ0) is 11.7. The average Bonchev–Trinajstić information content (AvgIpc) is 2.15. The lowest BCUT2D eigenvalue weighted by Crippen LogP contribution is -2.38. The first kappa shape index (κ1) is 11.7. The highest BCUT2D eigenvalue weighted by atomic mass is 35.5. The van der Waals surface area contributed by atoms with E-state index in [1.807, 2.05) is 6.92 Å². The molecule has 0 spiro atoms. The smallest absolute Gasteiger partial charge is 0.152 e. The highest BCUT2D eigenvalue weighted by molar-refractivity contribution is 6.31. The average molecular weight is 239 g/mol. The molecule has 88 valence electrons. The Kier molecular flexibility index (Phi) is 3.38. The monoisotopic (exact) mass is 238 g/mol. The molecule has 0 atom stereocenters. The van der Waals surface area contributed by atoms with E-state index in [4.69, 9.17) is 11.6 Å². The van der Waals surface area contributed by atoms with Crippen molar-refractivity contribution in [2.75, 3.05) is 5.32 Å². The molecule has 1 aromatic heterocycles. The second-order valence-electron chi connectivity index (χ2n) is 5.17. The lowest BCUT2D eigenvalue weighted by Gasteiger charge is -2.39. The molecule has 0 unspecified atom stereocenters. The first-order valence-electron chi connectivity index (χ1n) is 5.95. The van der Waals surface area contributed by atoms with Gasteiger partial charge in [-0.15, -0.1) is 0 Å². The standard InChI is InChI=1S/C13H19ClN2/c1-8(2)10-5-11(6-10)16-12-4-9(3)7-15-13(12)14/h4,7-8,10-11,16H,5-6H2,1-3H3. The van der Waals surface area contributed by atoms with Crippen molar-refractivity contribution in [3.05, 3.63) is 23.0 Å². The minimum absolute atomic E-state index is 0.577.